The first-order valence-electron chi connectivity index (χ1n) is 20.6. The molecular formula is C58H34OS. The molecule has 0 unspecified atom stereocenters. The minimum absolute atomic E-state index is 0.938. The molecule has 0 saturated carbocycles. The topological polar surface area (TPSA) is 13.1 Å². The van der Waals surface area contributed by atoms with Gasteiger partial charge < -0.3 is 4.42 Å². The molecule has 2 heterocycles. The highest BCUT2D eigenvalue weighted by atomic mass is 32.1. The molecule has 13 aromatic rings. The van der Waals surface area contributed by atoms with Crippen molar-refractivity contribution in [3.8, 4) is 44.5 Å². The summed E-state index contributed by atoms with van der Waals surface area (Å²) in [5, 5.41) is 15.0. The third-order valence-corrected chi connectivity index (χ3v) is 13.8. The standard InChI is InChI=1S/C58H34OS/c1-2-13-35(14-3-1)36-15-12-16-39(31-36)56-45-20-6-8-22-47(45)57(48-23-9-7-21-46(48)56)49-30-29-40(42-17-4-5-18-43(42)49)37-25-27-41-38(32-37)26-28-50-52-33-51-44-19-10-11-24-53(44)59-54(51)34-55(52)60-58(41)50/h1-34H. The molecule has 0 saturated heterocycles. The third-order valence-electron chi connectivity index (χ3n) is 12.6. The summed E-state index contributed by atoms with van der Waals surface area (Å²) < 4.78 is 8.84. The molecule has 0 bridgehead atoms. The Morgan fingerprint density at radius 1 is 0.283 bits per heavy atom. The van der Waals surface area contributed by atoms with Gasteiger partial charge in [0, 0.05) is 30.9 Å². The van der Waals surface area contributed by atoms with Gasteiger partial charge in [0.25, 0.3) is 0 Å². The van der Waals surface area contributed by atoms with Crippen molar-refractivity contribution in [2.75, 3.05) is 0 Å². The highest BCUT2D eigenvalue weighted by Crippen LogP contribution is 2.48. The van der Waals surface area contributed by atoms with Crippen molar-refractivity contribution in [1.82, 2.24) is 0 Å². The Bertz CT molecular complexity index is 3830. The summed E-state index contributed by atoms with van der Waals surface area (Å²) in [6.45, 7) is 0. The summed E-state index contributed by atoms with van der Waals surface area (Å²) in [4.78, 5) is 0. The molecule has 13 rings (SSSR count). The van der Waals surface area contributed by atoms with Gasteiger partial charge in [0.1, 0.15) is 11.2 Å². The Labute approximate surface area is 350 Å². The fourth-order valence-corrected chi connectivity index (χ4v) is 11.2. The average Bonchev–Trinajstić information content (AvgIpc) is 3.87. The Balaban J connectivity index is 0.974. The van der Waals surface area contributed by atoms with E-state index in [0.717, 1.165) is 11.2 Å². The molecule has 0 aliphatic heterocycles. The normalized spacial score (nSPS) is 12.0. The predicted molar refractivity (Wildman–Crippen MR) is 258 cm³/mol. The van der Waals surface area contributed by atoms with Crippen molar-refractivity contribution in [1.29, 1.82) is 0 Å². The number of fused-ring (bicyclic) bond motifs is 11. The van der Waals surface area contributed by atoms with Crippen molar-refractivity contribution in [2.45, 2.75) is 0 Å². The van der Waals surface area contributed by atoms with Gasteiger partial charge in [-0.05, 0) is 118 Å². The lowest BCUT2D eigenvalue weighted by Gasteiger charge is -2.20. The van der Waals surface area contributed by atoms with Gasteiger partial charge in [0.2, 0.25) is 0 Å². The van der Waals surface area contributed by atoms with Crippen molar-refractivity contribution in [3.63, 3.8) is 0 Å². The number of rotatable bonds is 4. The van der Waals surface area contributed by atoms with Crippen LogP contribution in [0, 0.1) is 0 Å². The Morgan fingerprint density at radius 2 is 0.883 bits per heavy atom. The van der Waals surface area contributed by atoms with Gasteiger partial charge in [0.15, 0.2) is 0 Å². The average molecular weight is 779 g/mol. The zero-order valence-corrected chi connectivity index (χ0v) is 33.3. The van der Waals surface area contributed by atoms with Gasteiger partial charge in [-0.1, -0.05) is 176 Å². The van der Waals surface area contributed by atoms with E-state index < -0.39 is 0 Å². The molecule has 0 amide bonds. The summed E-state index contributed by atoms with van der Waals surface area (Å²) in [5.74, 6) is 0. The molecule has 278 valence electrons. The fraction of sp³-hybridized carbons (Fsp3) is 0. The quantitative estimate of drug-likeness (QED) is 0.162. The van der Waals surface area contributed by atoms with Crippen LogP contribution >= 0.6 is 11.3 Å². The van der Waals surface area contributed by atoms with E-state index in [4.69, 9.17) is 4.42 Å². The van der Waals surface area contributed by atoms with Gasteiger partial charge in [-0.2, -0.15) is 0 Å². The summed E-state index contributed by atoms with van der Waals surface area (Å²) in [7, 11) is 0. The van der Waals surface area contributed by atoms with Gasteiger partial charge in [0.05, 0.1) is 0 Å². The van der Waals surface area contributed by atoms with E-state index in [-0.39, 0.29) is 0 Å². The molecule has 0 atom stereocenters. The van der Waals surface area contributed by atoms with E-state index in [1.807, 2.05) is 17.4 Å². The molecule has 60 heavy (non-hydrogen) atoms. The molecule has 1 nitrogen and oxygen atoms in total. The van der Waals surface area contributed by atoms with Crippen LogP contribution in [0.5, 0.6) is 0 Å². The number of thiophene rings is 1. The van der Waals surface area contributed by atoms with Crippen LogP contribution in [0.25, 0.3) is 130 Å². The number of para-hydroxylation sites is 1. The molecule has 0 radical (unpaired) electrons. The summed E-state index contributed by atoms with van der Waals surface area (Å²) >= 11 is 1.86. The maximum atomic E-state index is 6.27. The first-order chi connectivity index (χ1) is 29.7. The molecule has 2 aromatic heterocycles. The second-order valence-electron chi connectivity index (χ2n) is 15.9. The lowest BCUT2D eigenvalue weighted by molar-refractivity contribution is 0.669. The number of hydrogen-bond acceptors (Lipinski definition) is 2. The van der Waals surface area contributed by atoms with E-state index >= 15 is 0 Å². The van der Waals surface area contributed by atoms with E-state index in [0.29, 0.717) is 0 Å². The number of benzene rings is 11. The van der Waals surface area contributed by atoms with Crippen LogP contribution in [-0.4, -0.2) is 0 Å². The van der Waals surface area contributed by atoms with Crippen LogP contribution in [0.15, 0.2) is 211 Å². The molecule has 11 aromatic carbocycles. The molecule has 0 aliphatic rings. The zero-order chi connectivity index (χ0) is 39.3. The van der Waals surface area contributed by atoms with Crippen molar-refractivity contribution < 1.29 is 4.42 Å². The summed E-state index contributed by atoms with van der Waals surface area (Å²) in [6, 6.07) is 75.8. The van der Waals surface area contributed by atoms with E-state index in [9.17, 15) is 0 Å². The Hall–Kier alpha value is -7.52. The maximum Gasteiger partial charge on any atom is 0.136 e. The second-order valence-corrected chi connectivity index (χ2v) is 17.0. The lowest BCUT2D eigenvalue weighted by atomic mass is 9.83. The maximum absolute atomic E-state index is 6.27. The molecule has 2 heteroatoms. The molecule has 0 fully saturated rings. The van der Waals surface area contributed by atoms with Crippen molar-refractivity contribution >= 4 is 96.5 Å². The van der Waals surface area contributed by atoms with Crippen LogP contribution in [0.2, 0.25) is 0 Å². The molecule has 0 N–H and O–H groups in total. The van der Waals surface area contributed by atoms with Gasteiger partial charge in [-0.15, -0.1) is 11.3 Å². The number of furan rings is 1. The Kier molecular flexibility index (Phi) is 7.24. The minimum atomic E-state index is 0.938. The smallest absolute Gasteiger partial charge is 0.136 e. The first kappa shape index (κ1) is 33.5. The molecular weight excluding hydrogens is 745 g/mol. The summed E-state index contributed by atoms with van der Waals surface area (Å²) in [5.41, 5.74) is 11.8. The highest BCUT2D eigenvalue weighted by Gasteiger charge is 2.20. The van der Waals surface area contributed by atoms with Crippen molar-refractivity contribution in [2.24, 2.45) is 0 Å². The third kappa shape index (κ3) is 4.98. The largest absolute Gasteiger partial charge is 0.456 e. The van der Waals surface area contributed by atoms with Crippen molar-refractivity contribution in [3.05, 3.63) is 206 Å². The molecule has 0 spiro atoms. The van der Waals surface area contributed by atoms with Gasteiger partial charge in [-0.3, -0.25) is 0 Å². The van der Waals surface area contributed by atoms with E-state index in [1.165, 1.54) is 119 Å². The van der Waals surface area contributed by atoms with Gasteiger partial charge >= 0.3 is 0 Å². The van der Waals surface area contributed by atoms with E-state index in [2.05, 4.69) is 200 Å². The van der Waals surface area contributed by atoms with Crippen LogP contribution in [0.1, 0.15) is 0 Å². The van der Waals surface area contributed by atoms with E-state index in [1.54, 1.807) is 0 Å². The monoisotopic (exact) mass is 778 g/mol. The predicted octanol–water partition coefficient (Wildman–Crippen LogP) is 17.2. The molecule has 0 aliphatic carbocycles. The Morgan fingerprint density at radius 3 is 1.65 bits per heavy atom. The fourth-order valence-electron chi connectivity index (χ4n) is 9.93. The zero-order valence-electron chi connectivity index (χ0n) is 32.4. The van der Waals surface area contributed by atoms with Crippen LogP contribution in [0.4, 0.5) is 0 Å². The minimum Gasteiger partial charge on any atom is -0.456 e. The van der Waals surface area contributed by atoms with Crippen LogP contribution in [0.3, 0.4) is 0 Å². The second kappa shape index (κ2) is 13.0. The van der Waals surface area contributed by atoms with Crippen LogP contribution in [-0.2, 0) is 0 Å². The highest BCUT2D eigenvalue weighted by molar-refractivity contribution is 7.26. The number of hydrogen-bond donors (Lipinski definition) is 0. The SMILES string of the molecule is c1ccc(-c2cccc(-c3c4ccccc4c(-c4ccc(-c5ccc6c(ccc7c8cc9c(cc8sc67)oc6ccccc69)c5)c5ccccc45)c4ccccc34)c2)cc1. The summed E-state index contributed by atoms with van der Waals surface area (Å²) in [6.07, 6.45) is 0. The lowest BCUT2D eigenvalue weighted by Crippen LogP contribution is -1.92. The van der Waals surface area contributed by atoms with Crippen LogP contribution < -0.4 is 0 Å². The van der Waals surface area contributed by atoms with Gasteiger partial charge in [-0.25, -0.2) is 0 Å². The first-order valence-corrected chi connectivity index (χ1v) is 21.4.